The van der Waals surface area contributed by atoms with Crippen LogP contribution in [0.1, 0.15) is 27.3 Å². The van der Waals surface area contributed by atoms with Gasteiger partial charge >= 0.3 is 5.97 Å². The molecule has 0 unspecified atom stereocenters. The summed E-state index contributed by atoms with van der Waals surface area (Å²) in [6, 6.07) is 8.55. The van der Waals surface area contributed by atoms with E-state index in [-0.39, 0.29) is 5.69 Å². The fourth-order valence-electron chi connectivity index (χ4n) is 2.43. The standard InChI is InChI=1S/C16H12Cl2N2O2/c1-8-11(6-9-2-3-10(17)7-12(9)18)15-13(19-8)4-5-14(20-15)16(21)22/h2-5,7,20H,6H2,1H3,(H,21,22). The molecule has 0 bridgehead atoms. The number of rotatable bonds is 3. The van der Waals surface area contributed by atoms with E-state index in [9.17, 15) is 4.79 Å². The van der Waals surface area contributed by atoms with Gasteiger partial charge in [0.25, 0.3) is 0 Å². The van der Waals surface area contributed by atoms with Crippen LogP contribution in [0.2, 0.25) is 10.0 Å². The minimum Gasteiger partial charge on any atom is -0.477 e. The van der Waals surface area contributed by atoms with Gasteiger partial charge in [-0.1, -0.05) is 29.3 Å². The molecule has 1 aromatic carbocycles. The third-order valence-electron chi connectivity index (χ3n) is 3.56. The molecule has 0 amide bonds. The van der Waals surface area contributed by atoms with Gasteiger partial charge in [0.05, 0.1) is 11.4 Å². The van der Waals surface area contributed by atoms with Crippen LogP contribution in [0.3, 0.4) is 0 Å². The number of aryl methyl sites for hydroxylation is 1. The Hall–Kier alpha value is -2.04. The van der Waals surface area contributed by atoms with E-state index >= 15 is 0 Å². The summed E-state index contributed by atoms with van der Waals surface area (Å²) < 4.78 is 0. The molecule has 0 saturated heterocycles. The Morgan fingerprint density at radius 1 is 1.27 bits per heavy atom. The van der Waals surface area contributed by atoms with E-state index in [1.54, 1.807) is 18.2 Å². The van der Waals surface area contributed by atoms with Crippen molar-refractivity contribution in [3.05, 3.63) is 62.9 Å². The monoisotopic (exact) mass is 334 g/mol. The number of carboxylic acid groups (broad SMARTS) is 1. The van der Waals surface area contributed by atoms with Crippen molar-refractivity contribution in [2.75, 3.05) is 0 Å². The number of aromatic carboxylic acids is 1. The average Bonchev–Trinajstić information content (AvgIpc) is 2.77. The Bertz CT molecular complexity index is 842. The van der Waals surface area contributed by atoms with Crippen LogP contribution in [-0.4, -0.2) is 21.0 Å². The van der Waals surface area contributed by atoms with Crippen LogP contribution in [0.15, 0.2) is 30.3 Å². The highest BCUT2D eigenvalue weighted by Gasteiger charge is 2.19. The second kappa shape index (κ2) is 5.63. The number of aromatic nitrogens is 2. The maximum absolute atomic E-state index is 11.1. The lowest BCUT2D eigenvalue weighted by atomic mass is 10.0. The zero-order valence-electron chi connectivity index (χ0n) is 11.7. The van der Waals surface area contributed by atoms with Crippen LogP contribution in [0, 0.1) is 6.92 Å². The van der Waals surface area contributed by atoms with Gasteiger partial charge in [0, 0.05) is 27.7 Å². The first kappa shape index (κ1) is 14.9. The number of pyridine rings is 1. The van der Waals surface area contributed by atoms with Crippen molar-refractivity contribution in [1.82, 2.24) is 9.97 Å². The third-order valence-corrected chi connectivity index (χ3v) is 4.15. The Kier molecular flexibility index (Phi) is 3.81. The van der Waals surface area contributed by atoms with Gasteiger partial charge in [-0.3, -0.25) is 4.98 Å². The quantitative estimate of drug-likeness (QED) is 0.745. The smallest absolute Gasteiger partial charge is 0.352 e. The van der Waals surface area contributed by atoms with E-state index in [2.05, 4.69) is 9.97 Å². The molecule has 2 aliphatic heterocycles. The molecule has 2 heterocycles. The van der Waals surface area contributed by atoms with Crippen LogP contribution in [0.25, 0.3) is 11.4 Å². The molecular weight excluding hydrogens is 323 g/mol. The van der Waals surface area contributed by atoms with E-state index in [0.717, 1.165) is 28.2 Å². The number of nitrogens with zero attached hydrogens (tertiary/aromatic N) is 1. The molecule has 0 aromatic heterocycles. The van der Waals surface area contributed by atoms with Crippen molar-refractivity contribution in [2.24, 2.45) is 0 Å². The molecular formula is C16H12Cl2N2O2. The number of nitrogens with one attached hydrogen (secondary N) is 1. The number of fused-ring (bicyclic) bond motifs is 1. The van der Waals surface area contributed by atoms with Gasteiger partial charge in [-0.2, -0.15) is 0 Å². The lowest BCUT2D eigenvalue weighted by Crippen LogP contribution is -2.02. The third kappa shape index (κ3) is 2.67. The highest BCUT2D eigenvalue weighted by atomic mass is 35.5. The first-order valence-corrected chi connectivity index (χ1v) is 7.36. The van der Waals surface area contributed by atoms with Crippen molar-refractivity contribution in [3.63, 3.8) is 0 Å². The van der Waals surface area contributed by atoms with E-state index in [4.69, 9.17) is 28.3 Å². The summed E-state index contributed by atoms with van der Waals surface area (Å²) >= 11 is 12.1. The highest BCUT2D eigenvalue weighted by molar-refractivity contribution is 6.35. The second-order valence-electron chi connectivity index (χ2n) is 5.03. The molecule has 0 spiro atoms. The minimum absolute atomic E-state index is 0.128. The van der Waals surface area contributed by atoms with Crippen molar-refractivity contribution in [2.45, 2.75) is 13.3 Å². The second-order valence-corrected chi connectivity index (χ2v) is 5.87. The number of carboxylic acids is 1. The van der Waals surface area contributed by atoms with Crippen molar-refractivity contribution in [1.29, 1.82) is 0 Å². The number of H-pyrrole nitrogens is 1. The first-order valence-electron chi connectivity index (χ1n) is 6.61. The average molecular weight is 335 g/mol. The molecule has 6 heteroatoms. The topological polar surface area (TPSA) is 66.0 Å². The Labute approximate surface area is 137 Å². The van der Waals surface area contributed by atoms with E-state index < -0.39 is 5.97 Å². The van der Waals surface area contributed by atoms with Crippen molar-refractivity contribution >= 4 is 29.2 Å². The van der Waals surface area contributed by atoms with E-state index in [1.165, 1.54) is 6.07 Å². The van der Waals surface area contributed by atoms with Gasteiger partial charge in [0.1, 0.15) is 5.69 Å². The summed E-state index contributed by atoms with van der Waals surface area (Å²) in [6.45, 7) is 1.90. The molecule has 1 aromatic rings. The molecule has 0 fully saturated rings. The predicted molar refractivity (Wildman–Crippen MR) is 86.2 cm³/mol. The number of hydrogen-bond acceptors (Lipinski definition) is 2. The Morgan fingerprint density at radius 2 is 2.05 bits per heavy atom. The molecule has 0 radical (unpaired) electrons. The molecule has 22 heavy (non-hydrogen) atoms. The molecule has 4 nitrogen and oxygen atoms in total. The first-order chi connectivity index (χ1) is 10.5. The van der Waals surface area contributed by atoms with Crippen LogP contribution < -0.4 is 0 Å². The van der Waals surface area contributed by atoms with Gasteiger partial charge in [-0.05, 0) is 36.8 Å². The normalized spacial score (nSPS) is 11.0. The number of carbonyl (C=O) groups is 1. The molecule has 2 N–H and O–H groups in total. The SMILES string of the molecule is Cc1nc2ccc(C(=O)O)[nH]c-2c1Cc1ccc(Cl)cc1Cl. The van der Waals surface area contributed by atoms with Gasteiger partial charge in [0.15, 0.2) is 0 Å². The molecule has 3 rings (SSSR count). The van der Waals surface area contributed by atoms with Crippen molar-refractivity contribution < 1.29 is 9.90 Å². The lowest BCUT2D eigenvalue weighted by Gasteiger charge is -2.08. The number of aromatic amines is 1. The summed E-state index contributed by atoms with van der Waals surface area (Å²) in [5.74, 6) is -1.00. The largest absolute Gasteiger partial charge is 0.477 e. The Balaban J connectivity index is 2.08. The van der Waals surface area contributed by atoms with E-state index in [1.807, 2.05) is 13.0 Å². The van der Waals surface area contributed by atoms with Crippen molar-refractivity contribution in [3.8, 4) is 11.4 Å². The zero-order chi connectivity index (χ0) is 15.9. The van der Waals surface area contributed by atoms with Gasteiger partial charge in [0.2, 0.25) is 0 Å². The minimum atomic E-state index is -1.00. The predicted octanol–water partition coefficient (Wildman–Crippen LogP) is 4.42. The van der Waals surface area contributed by atoms with Gasteiger partial charge in [-0.25, -0.2) is 4.79 Å². The molecule has 0 atom stereocenters. The van der Waals surface area contributed by atoms with Gasteiger partial charge < -0.3 is 10.1 Å². The summed E-state index contributed by atoms with van der Waals surface area (Å²) in [7, 11) is 0. The summed E-state index contributed by atoms with van der Waals surface area (Å²) in [5, 5.41) is 10.3. The van der Waals surface area contributed by atoms with Gasteiger partial charge in [-0.15, -0.1) is 0 Å². The number of benzene rings is 1. The number of hydrogen-bond donors (Lipinski definition) is 2. The zero-order valence-corrected chi connectivity index (χ0v) is 13.2. The summed E-state index contributed by atoms with van der Waals surface area (Å²) in [6.07, 6.45) is 0.553. The molecule has 0 saturated carbocycles. The molecule has 2 aliphatic rings. The maximum Gasteiger partial charge on any atom is 0.352 e. The highest BCUT2D eigenvalue weighted by Crippen LogP contribution is 2.31. The fourth-order valence-corrected chi connectivity index (χ4v) is 2.91. The number of halogens is 2. The van der Waals surface area contributed by atoms with Crippen LogP contribution in [0.4, 0.5) is 0 Å². The summed E-state index contributed by atoms with van der Waals surface area (Å²) in [4.78, 5) is 18.5. The van der Waals surface area contributed by atoms with Crippen LogP contribution >= 0.6 is 23.2 Å². The Morgan fingerprint density at radius 3 is 2.73 bits per heavy atom. The molecule has 0 aliphatic carbocycles. The summed E-state index contributed by atoms with van der Waals surface area (Å²) in [5.41, 5.74) is 4.29. The fraction of sp³-hybridized carbons (Fsp3) is 0.125. The van der Waals surface area contributed by atoms with E-state index in [0.29, 0.717) is 16.5 Å². The lowest BCUT2D eigenvalue weighted by molar-refractivity contribution is 0.0690. The van der Waals surface area contributed by atoms with Crippen LogP contribution in [-0.2, 0) is 6.42 Å². The molecule has 112 valence electrons. The maximum atomic E-state index is 11.1. The van der Waals surface area contributed by atoms with Crippen LogP contribution in [0.5, 0.6) is 0 Å².